The molecule has 0 radical (unpaired) electrons. The number of carbonyl (C=O) groups is 2. The number of amides is 2. The summed E-state index contributed by atoms with van der Waals surface area (Å²) < 4.78 is 0.876. The summed E-state index contributed by atoms with van der Waals surface area (Å²) in [4.78, 5) is 23.6. The van der Waals surface area contributed by atoms with Crippen molar-refractivity contribution in [3.05, 3.63) is 57.6 Å². The number of hydrogen-bond acceptors (Lipinski definition) is 4. The Morgan fingerprint density at radius 2 is 1.79 bits per heavy atom. The molecule has 1 atom stereocenters. The number of rotatable bonds is 6. The van der Waals surface area contributed by atoms with Crippen molar-refractivity contribution >= 4 is 45.3 Å². The molecule has 0 saturated carbocycles. The molecule has 6 nitrogen and oxygen atoms in total. The van der Waals surface area contributed by atoms with Crippen LogP contribution in [-0.2, 0) is 9.59 Å². The highest BCUT2D eigenvalue weighted by atomic mass is 79.9. The molecule has 0 aliphatic heterocycles. The van der Waals surface area contributed by atoms with Crippen molar-refractivity contribution in [2.75, 3.05) is 5.32 Å². The summed E-state index contributed by atoms with van der Waals surface area (Å²) in [5.41, 5.74) is 7.14. The van der Waals surface area contributed by atoms with Crippen LogP contribution in [0.1, 0.15) is 37.0 Å². The Hall–Kier alpha value is -2.67. The van der Waals surface area contributed by atoms with Crippen LogP contribution in [0, 0.1) is 13.8 Å². The van der Waals surface area contributed by atoms with Gasteiger partial charge in [0.05, 0.1) is 6.21 Å². The first kappa shape index (κ1) is 21.6. The maximum atomic E-state index is 11.8. The van der Waals surface area contributed by atoms with Gasteiger partial charge in [-0.15, -0.1) is 0 Å². The Kier molecular flexibility index (Phi) is 7.75. The fourth-order valence-corrected chi connectivity index (χ4v) is 2.94. The number of halogens is 1. The fraction of sp³-hybridized carbons (Fsp3) is 0.286. The van der Waals surface area contributed by atoms with Gasteiger partial charge < -0.3 is 10.6 Å². The summed E-state index contributed by atoms with van der Waals surface area (Å²) in [5.74, 6) is -1.50. The predicted octanol–water partition coefficient (Wildman–Crippen LogP) is 4.17. The van der Waals surface area contributed by atoms with Crippen LogP contribution in [0.2, 0.25) is 0 Å². The highest BCUT2D eigenvalue weighted by Gasteiger charge is 2.14. The Balaban J connectivity index is 2.12. The van der Waals surface area contributed by atoms with Gasteiger partial charge >= 0.3 is 11.8 Å². The monoisotopic (exact) mass is 444 g/mol. The summed E-state index contributed by atoms with van der Waals surface area (Å²) in [5, 5.41) is 9.90. The first-order valence-electron chi connectivity index (χ1n) is 9.07. The maximum Gasteiger partial charge on any atom is 0.329 e. The van der Waals surface area contributed by atoms with Crippen LogP contribution >= 0.6 is 15.9 Å². The van der Waals surface area contributed by atoms with Gasteiger partial charge in [-0.05, 0) is 68.7 Å². The van der Waals surface area contributed by atoms with Crippen molar-refractivity contribution in [2.24, 2.45) is 5.10 Å². The van der Waals surface area contributed by atoms with Crippen LogP contribution in [0.3, 0.4) is 0 Å². The number of nitrogens with zero attached hydrogens (tertiary/aromatic N) is 1. The summed E-state index contributed by atoms with van der Waals surface area (Å²) in [6, 6.07) is 11.9. The SMILES string of the molecule is CC[C@@H](C)NC(=O)C(=O)N/N=C\c1cc(Br)ccc1Nc1cc(C)cc(C)c1. The molecule has 0 spiro atoms. The average molecular weight is 445 g/mol. The summed E-state index contributed by atoms with van der Waals surface area (Å²) in [7, 11) is 0. The summed E-state index contributed by atoms with van der Waals surface area (Å²) in [6.45, 7) is 7.85. The number of nitrogens with one attached hydrogen (secondary N) is 3. The van der Waals surface area contributed by atoms with Gasteiger partial charge in [0, 0.05) is 27.5 Å². The first-order valence-corrected chi connectivity index (χ1v) is 9.86. The minimum absolute atomic E-state index is 0.0686. The van der Waals surface area contributed by atoms with Crippen molar-refractivity contribution in [3.8, 4) is 0 Å². The molecule has 3 N–H and O–H groups in total. The molecule has 2 amide bonds. The fourth-order valence-electron chi connectivity index (χ4n) is 2.56. The zero-order valence-corrected chi connectivity index (χ0v) is 18.1. The molecule has 148 valence electrons. The number of hydrogen-bond donors (Lipinski definition) is 3. The van der Waals surface area contributed by atoms with Crippen molar-refractivity contribution in [2.45, 2.75) is 40.2 Å². The lowest BCUT2D eigenvalue weighted by molar-refractivity contribution is -0.139. The van der Waals surface area contributed by atoms with Crippen molar-refractivity contribution in [1.82, 2.24) is 10.7 Å². The quantitative estimate of drug-likeness (QED) is 0.355. The van der Waals surface area contributed by atoms with Gasteiger partial charge in [-0.3, -0.25) is 9.59 Å². The van der Waals surface area contributed by atoms with Gasteiger partial charge in [-0.2, -0.15) is 5.10 Å². The molecule has 2 aromatic carbocycles. The highest BCUT2D eigenvalue weighted by molar-refractivity contribution is 9.10. The number of carbonyl (C=O) groups excluding carboxylic acids is 2. The van der Waals surface area contributed by atoms with Gasteiger partial charge in [0.1, 0.15) is 0 Å². The minimum atomic E-state index is -0.796. The van der Waals surface area contributed by atoms with E-state index in [9.17, 15) is 9.59 Å². The topological polar surface area (TPSA) is 82.6 Å². The third-order valence-electron chi connectivity index (χ3n) is 4.08. The molecule has 28 heavy (non-hydrogen) atoms. The second-order valence-corrected chi connectivity index (χ2v) is 7.63. The second kappa shape index (κ2) is 10.0. The molecule has 7 heteroatoms. The maximum absolute atomic E-state index is 11.8. The summed E-state index contributed by atoms with van der Waals surface area (Å²) in [6.07, 6.45) is 2.25. The van der Waals surface area contributed by atoms with Crippen molar-refractivity contribution in [1.29, 1.82) is 0 Å². The van der Waals surface area contributed by atoms with E-state index in [0.29, 0.717) is 0 Å². The standard InChI is InChI=1S/C21H25BrN4O2/c1-5-15(4)24-20(27)21(28)26-23-12-16-11-17(22)6-7-19(16)25-18-9-13(2)8-14(3)10-18/h6-12,15,25H,5H2,1-4H3,(H,24,27)(H,26,28)/b23-12-/t15-/m1/s1. The van der Waals surface area contributed by atoms with E-state index in [4.69, 9.17) is 0 Å². The third kappa shape index (κ3) is 6.49. The zero-order valence-electron chi connectivity index (χ0n) is 16.5. The van der Waals surface area contributed by atoms with Crippen LogP contribution < -0.4 is 16.1 Å². The van der Waals surface area contributed by atoms with E-state index < -0.39 is 11.8 Å². The van der Waals surface area contributed by atoms with Gasteiger partial charge in [0.2, 0.25) is 0 Å². The lowest BCUT2D eigenvalue weighted by Gasteiger charge is -2.12. The highest BCUT2D eigenvalue weighted by Crippen LogP contribution is 2.24. The molecule has 2 aromatic rings. The molecule has 0 saturated heterocycles. The lowest BCUT2D eigenvalue weighted by Crippen LogP contribution is -2.41. The van der Waals surface area contributed by atoms with E-state index >= 15 is 0 Å². The van der Waals surface area contributed by atoms with Crippen molar-refractivity contribution < 1.29 is 9.59 Å². The molecular weight excluding hydrogens is 420 g/mol. The van der Waals surface area contributed by atoms with Crippen LogP contribution in [0.15, 0.2) is 46.0 Å². The van der Waals surface area contributed by atoms with E-state index in [1.807, 2.05) is 45.9 Å². The molecule has 0 aliphatic carbocycles. The van der Waals surface area contributed by atoms with Crippen LogP contribution in [0.25, 0.3) is 0 Å². The van der Waals surface area contributed by atoms with E-state index in [1.54, 1.807) is 0 Å². The Bertz CT molecular complexity index is 876. The molecular formula is C21H25BrN4O2. The molecule has 0 bridgehead atoms. The lowest BCUT2D eigenvalue weighted by atomic mass is 10.1. The first-order chi connectivity index (χ1) is 13.3. The van der Waals surface area contributed by atoms with Gasteiger partial charge in [-0.1, -0.05) is 28.9 Å². The Morgan fingerprint density at radius 1 is 1.11 bits per heavy atom. The van der Waals surface area contributed by atoms with Crippen LogP contribution in [0.5, 0.6) is 0 Å². The van der Waals surface area contributed by atoms with Gasteiger partial charge in [-0.25, -0.2) is 5.43 Å². The molecule has 0 aromatic heterocycles. The van der Waals surface area contributed by atoms with Crippen molar-refractivity contribution in [3.63, 3.8) is 0 Å². The predicted molar refractivity (Wildman–Crippen MR) is 117 cm³/mol. The average Bonchev–Trinajstić information content (AvgIpc) is 2.62. The van der Waals surface area contributed by atoms with Gasteiger partial charge in [0.25, 0.3) is 0 Å². The number of hydrazone groups is 1. The van der Waals surface area contributed by atoms with E-state index in [0.717, 1.165) is 39.0 Å². The molecule has 0 fully saturated rings. The molecule has 2 rings (SSSR count). The van der Waals surface area contributed by atoms with Crippen LogP contribution in [-0.4, -0.2) is 24.1 Å². The zero-order chi connectivity index (χ0) is 20.7. The number of anilines is 2. The second-order valence-electron chi connectivity index (χ2n) is 6.71. The van der Waals surface area contributed by atoms with E-state index in [2.05, 4.69) is 55.3 Å². The Morgan fingerprint density at radius 3 is 2.43 bits per heavy atom. The summed E-state index contributed by atoms with van der Waals surface area (Å²) >= 11 is 3.44. The number of aryl methyl sites for hydroxylation is 2. The normalized spacial score (nSPS) is 11.9. The van der Waals surface area contributed by atoms with Gasteiger partial charge in [0.15, 0.2) is 0 Å². The molecule has 0 heterocycles. The molecule has 0 aliphatic rings. The van der Waals surface area contributed by atoms with E-state index in [1.165, 1.54) is 6.21 Å². The smallest absolute Gasteiger partial charge is 0.329 e. The Labute approximate surface area is 173 Å². The van der Waals surface area contributed by atoms with E-state index in [-0.39, 0.29) is 6.04 Å². The van der Waals surface area contributed by atoms with Crippen LogP contribution in [0.4, 0.5) is 11.4 Å². The largest absolute Gasteiger partial charge is 0.355 e. The molecule has 0 unspecified atom stereocenters. The number of benzene rings is 2. The third-order valence-corrected chi connectivity index (χ3v) is 4.57. The minimum Gasteiger partial charge on any atom is -0.355 e.